The molecule has 1 N–H and O–H groups in total. The molecule has 0 aliphatic heterocycles. The molecule has 0 saturated carbocycles. The Morgan fingerprint density at radius 1 is 1.15 bits per heavy atom. The maximum atomic E-state index is 10.3. The van der Waals surface area contributed by atoms with E-state index in [-0.39, 0.29) is 6.04 Å². The molecule has 1 rings (SSSR count). The molecule has 0 heterocycles. The van der Waals surface area contributed by atoms with Crippen LogP contribution in [0, 0.1) is 17.8 Å². The molecule has 1 aromatic carbocycles. The molecule has 0 saturated heterocycles. The van der Waals surface area contributed by atoms with Gasteiger partial charge in [0.2, 0.25) is 0 Å². The van der Waals surface area contributed by atoms with Crippen LogP contribution in [0.15, 0.2) is 30.3 Å². The average molecular weight is 289 g/mol. The Labute approximate surface area is 124 Å². The van der Waals surface area contributed by atoms with Gasteiger partial charge in [-0.2, -0.15) is 5.06 Å². The maximum absolute atomic E-state index is 10.3. The van der Waals surface area contributed by atoms with E-state index in [1.807, 2.05) is 30.3 Å². The Hall–Kier alpha value is -1.08. The van der Waals surface area contributed by atoms with E-state index in [4.69, 9.17) is 0 Å². The van der Waals surface area contributed by atoms with Gasteiger partial charge in [0.25, 0.3) is 0 Å². The van der Waals surface area contributed by atoms with Crippen LogP contribution in [-0.4, -0.2) is 24.4 Å². The van der Waals surface area contributed by atoms with Gasteiger partial charge in [-0.25, -0.2) is 0 Å². The maximum Gasteiger partial charge on any atom is 0.0982 e. The average Bonchev–Trinajstić information content (AvgIpc) is 2.34. The fourth-order valence-electron chi connectivity index (χ4n) is 1.87. The van der Waals surface area contributed by atoms with Crippen molar-refractivity contribution in [3.05, 3.63) is 35.9 Å². The highest BCUT2D eigenvalue weighted by atomic mass is 28.3. The topological polar surface area (TPSA) is 23.5 Å². The molecule has 0 spiro atoms. The van der Waals surface area contributed by atoms with E-state index in [0.29, 0.717) is 12.5 Å². The van der Waals surface area contributed by atoms with Crippen molar-refractivity contribution in [3.63, 3.8) is 0 Å². The van der Waals surface area contributed by atoms with Crippen LogP contribution in [0.2, 0.25) is 25.7 Å². The van der Waals surface area contributed by atoms with Crippen LogP contribution >= 0.6 is 0 Å². The minimum Gasteiger partial charge on any atom is -0.312 e. The van der Waals surface area contributed by atoms with Gasteiger partial charge in [0.1, 0.15) is 0 Å². The molecule has 1 atom stereocenters. The third kappa shape index (κ3) is 6.38. The Balaban J connectivity index is 2.70. The quantitative estimate of drug-likeness (QED) is 0.498. The highest BCUT2D eigenvalue weighted by Crippen LogP contribution is 2.13. The van der Waals surface area contributed by atoms with Gasteiger partial charge in [-0.05, 0) is 11.5 Å². The van der Waals surface area contributed by atoms with E-state index in [9.17, 15) is 5.21 Å². The van der Waals surface area contributed by atoms with Crippen molar-refractivity contribution in [2.75, 3.05) is 0 Å². The zero-order chi connectivity index (χ0) is 15.2. The normalized spacial score (nSPS) is 13.2. The van der Waals surface area contributed by atoms with Crippen LogP contribution in [0.3, 0.4) is 0 Å². The smallest absolute Gasteiger partial charge is 0.0982 e. The first-order valence-electron chi connectivity index (χ1n) is 7.27. The highest BCUT2D eigenvalue weighted by Gasteiger charge is 2.18. The number of nitrogens with zero attached hydrogens (tertiary/aromatic N) is 1. The van der Waals surface area contributed by atoms with Gasteiger partial charge < -0.3 is 5.21 Å². The van der Waals surface area contributed by atoms with Crippen molar-refractivity contribution in [1.29, 1.82) is 0 Å². The predicted molar refractivity (Wildman–Crippen MR) is 88.3 cm³/mol. The molecule has 2 nitrogen and oxygen atoms in total. The second-order valence-corrected chi connectivity index (χ2v) is 12.3. The molecule has 0 fully saturated rings. The van der Waals surface area contributed by atoms with E-state index in [1.165, 1.54) is 5.06 Å². The molecule has 110 valence electrons. The molecular formula is C17H27NOSi. The Morgan fingerprint density at radius 3 is 2.25 bits per heavy atom. The number of hydrogen-bond acceptors (Lipinski definition) is 2. The number of hydrogen-bond donors (Lipinski definition) is 1. The van der Waals surface area contributed by atoms with Gasteiger partial charge in [0.05, 0.1) is 20.7 Å². The van der Waals surface area contributed by atoms with Crippen molar-refractivity contribution >= 4 is 8.07 Å². The molecule has 0 bridgehead atoms. The Morgan fingerprint density at radius 2 is 1.75 bits per heavy atom. The fraction of sp³-hybridized carbons (Fsp3) is 0.529. The summed E-state index contributed by atoms with van der Waals surface area (Å²) in [5, 5.41) is 11.7. The zero-order valence-corrected chi connectivity index (χ0v) is 14.4. The molecule has 20 heavy (non-hydrogen) atoms. The van der Waals surface area contributed by atoms with E-state index < -0.39 is 8.07 Å². The van der Waals surface area contributed by atoms with Crippen LogP contribution in [0.1, 0.15) is 19.4 Å². The van der Waals surface area contributed by atoms with Crippen LogP contribution in [0.4, 0.5) is 0 Å². The third-order valence-electron chi connectivity index (χ3n) is 3.01. The van der Waals surface area contributed by atoms with Crippen molar-refractivity contribution in [3.8, 4) is 11.8 Å². The van der Waals surface area contributed by atoms with E-state index in [1.54, 1.807) is 0 Å². The second kappa shape index (κ2) is 7.63. The van der Waals surface area contributed by atoms with Gasteiger partial charge in [-0.3, -0.25) is 0 Å². The largest absolute Gasteiger partial charge is 0.312 e. The first-order chi connectivity index (χ1) is 9.29. The summed E-state index contributed by atoms with van der Waals surface area (Å²) in [4.78, 5) is 0. The van der Waals surface area contributed by atoms with Crippen LogP contribution < -0.4 is 0 Å². The lowest BCUT2D eigenvalue weighted by Gasteiger charge is -2.25. The summed E-state index contributed by atoms with van der Waals surface area (Å²) in [5.41, 5.74) is 1.10. The number of benzene rings is 1. The summed E-state index contributed by atoms with van der Waals surface area (Å²) in [7, 11) is -1.14. The molecule has 0 amide bonds. The van der Waals surface area contributed by atoms with Crippen molar-refractivity contribution < 1.29 is 5.21 Å². The molecule has 3 heteroatoms. The molecule has 1 aromatic rings. The minimum atomic E-state index is -1.14. The summed E-state index contributed by atoms with van der Waals surface area (Å²) in [5.74, 6) is 6.84. The van der Waals surface area contributed by atoms with Gasteiger partial charge >= 0.3 is 0 Å². The molecule has 0 aromatic heterocycles. The SMILES string of the molecule is CC(C)C(C#CC[Si](C)(C)C)N(O)Cc1ccccc1. The van der Waals surface area contributed by atoms with Crippen LogP contribution in [0.25, 0.3) is 0 Å². The zero-order valence-electron chi connectivity index (χ0n) is 13.4. The van der Waals surface area contributed by atoms with Crippen LogP contribution in [0.5, 0.6) is 0 Å². The molecular weight excluding hydrogens is 262 g/mol. The van der Waals surface area contributed by atoms with Gasteiger partial charge in [0, 0.05) is 6.04 Å². The van der Waals surface area contributed by atoms with Crippen molar-refractivity contribution in [1.82, 2.24) is 5.06 Å². The summed E-state index contributed by atoms with van der Waals surface area (Å²) < 4.78 is 0. The van der Waals surface area contributed by atoms with Crippen LogP contribution in [-0.2, 0) is 6.54 Å². The Bertz CT molecular complexity index is 453. The standard InChI is InChI=1S/C17H27NOSi/c1-15(2)17(12-9-13-20(3,4)5)18(19)14-16-10-7-6-8-11-16/h6-8,10-11,15,17,19H,13-14H2,1-5H3. The Kier molecular flexibility index (Phi) is 6.48. The lowest BCUT2D eigenvalue weighted by Crippen LogP contribution is -2.35. The monoisotopic (exact) mass is 289 g/mol. The third-order valence-corrected chi connectivity index (χ3v) is 4.25. The van der Waals surface area contributed by atoms with E-state index in [0.717, 1.165) is 11.6 Å². The van der Waals surface area contributed by atoms with Crippen molar-refractivity contribution in [2.45, 2.75) is 52.1 Å². The molecule has 0 aliphatic carbocycles. The van der Waals surface area contributed by atoms with Crippen molar-refractivity contribution in [2.24, 2.45) is 5.92 Å². The first-order valence-corrected chi connectivity index (χ1v) is 11.0. The summed E-state index contributed by atoms with van der Waals surface area (Å²) in [6.45, 7) is 11.7. The molecule has 1 unspecified atom stereocenters. The molecule has 0 aliphatic rings. The second-order valence-electron chi connectivity index (χ2n) is 6.83. The summed E-state index contributed by atoms with van der Waals surface area (Å²) in [6, 6.07) is 10.9. The van der Waals surface area contributed by atoms with E-state index in [2.05, 4.69) is 45.3 Å². The number of hydroxylamine groups is 2. The summed E-state index contributed by atoms with van der Waals surface area (Å²) in [6.07, 6.45) is 0. The fourth-order valence-corrected chi connectivity index (χ4v) is 2.51. The first kappa shape index (κ1) is 17.0. The number of rotatable bonds is 5. The lowest BCUT2D eigenvalue weighted by molar-refractivity contribution is -0.129. The van der Waals surface area contributed by atoms with Gasteiger partial charge in [0.15, 0.2) is 0 Å². The van der Waals surface area contributed by atoms with Gasteiger partial charge in [-0.15, -0.1) is 5.92 Å². The van der Waals surface area contributed by atoms with Gasteiger partial charge in [-0.1, -0.05) is 69.7 Å². The minimum absolute atomic E-state index is 0.105. The lowest BCUT2D eigenvalue weighted by atomic mass is 10.0. The van der Waals surface area contributed by atoms with E-state index >= 15 is 0 Å². The predicted octanol–water partition coefficient (Wildman–Crippen LogP) is 4.24. The molecule has 0 radical (unpaired) electrons. The summed E-state index contributed by atoms with van der Waals surface area (Å²) >= 11 is 0. The highest BCUT2D eigenvalue weighted by molar-refractivity contribution is 6.76.